The van der Waals surface area contributed by atoms with Crippen molar-refractivity contribution < 1.29 is 28.6 Å². The molecular weight excluding hydrogens is 388 g/mol. The Kier molecular flexibility index (Phi) is 6.47. The summed E-state index contributed by atoms with van der Waals surface area (Å²) in [6.45, 7) is 1.11. The van der Waals surface area contributed by atoms with Crippen molar-refractivity contribution in [3.05, 3.63) is 53.5 Å². The molecule has 2 aromatic rings. The van der Waals surface area contributed by atoms with Crippen LogP contribution in [0.1, 0.15) is 23.8 Å². The highest BCUT2D eigenvalue weighted by atomic mass is 16.5. The van der Waals surface area contributed by atoms with Gasteiger partial charge in [0.1, 0.15) is 17.6 Å². The molecule has 0 unspecified atom stereocenters. The summed E-state index contributed by atoms with van der Waals surface area (Å²) in [6.07, 6.45) is 2.15. The molecule has 0 aliphatic carbocycles. The minimum atomic E-state index is -0.796. The van der Waals surface area contributed by atoms with Gasteiger partial charge in [-0.3, -0.25) is 9.59 Å². The maximum absolute atomic E-state index is 12.9. The van der Waals surface area contributed by atoms with E-state index >= 15 is 0 Å². The first kappa shape index (κ1) is 21.4. The topological polar surface area (TPSA) is 92.5 Å². The lowest BCUT2D eigenvalue weighted by Gasteiger charge is -2.24. The molecule has 1 N–H and O–H groups in total. The van der Waals surface area contributed by atoms with Gasteiger partial charge in [-0.2, -0.15) is 0 Å². The van der Waals surface area contributed by atoms with Crippen LogP contribution in [-0.4, -0.2) is 68.0 Å². The summed E-state index contributed by atoms with van der Waals surface area (Å²) in [6, 6.07) is 7.38. The van der Waals surface area contributed by atoms with E-state index in [4.69, 9.17) is 13.9 Å². The van der Waals surface area contributed by atoms with Gasteiger partial charge in [-0.05, 0) is 57.4 Å². The van der Waals surface area contributed by atoms with Gasteiger partial charge in [0, 0.05) is 12.1 Å². The van der Waals surface area contributed by atoms with E-state index in [-0.39, 0.29) is 11.3 Å². The van der Waals surface area contributed by atoms with E-state index in [0.717, 1.165) is 6.54 Å². The summed E-state index contributed by atoms with van der Waals surface area (Å²) in [7, 11) is 6.87. The van der Waals surface area contributed by atoms with Crippen molar-refractivity contribution >= 4 is 17.4 Å². The average Bonchev–Trinajstić information content (AvgIpc) is 3.35. The molecule has 160 valence electrons. The summed E-state index contributed by atoms with van der Waals surface area (Å²) >= 11 is 0. The van der Waals surface area contributed by atoms with Crippen LogP contribution in [0.5, 0.6) is 11.5 Å². The van der Waals surface area contributed by atoms with Crippen molar-refractivity contribution in [3.8, 4) is 11.5 Å². The van der Waals surface area contributed by atoms with E-state index in [1.54, 1.807) is 30.3 Å². The Morgan fingerprint density at radius 2 is 1.90 bits per heavy atom. The fraction of sp³-hybridized carbons (Fsp3) is 0.364. The number of aliphatic hydroxyl groups is 1. The lowest BCUT2D eigenvalue weighted by atomic mass is 9.99. The molecule has 1 amide bonds. The number of Topliss-reactive ketones (excluding diaryl/α,β-unsaturated/α-hetero) is 1. The third-order valence-electron chi connectivity index (χ3n) is 5.01. The van der Waals surface area contributed by atoms with Gasteiger partial charge in [0.25, 0.3) is 11.7 Å². The summed E-state index contributed by atoms with van der Waals surface area (Å²) in [5, 5.41) is 11.0. The van der Waals surface area contributed by atoms with E-state index in [1.165, 1.54) is 25.4 Å². The number of aliphatic hydroxyl groups excluding tert-OH is 1. The van der Waals surface area contributed by atoms with Crippen molar-refractivity contribution in [2.24, 2.45) is 0 Å². The number of carbonyl (C=O) groups is 2. The minimum absolute atomic E-state index is 0.00739. The molecule has 0 saturated carbocycles. The highest BCUT2D eigenvalue weighted by Crippen LogP contribution is 2.40. The van der Waals surface area contributed by atoms with Crippen molar-refractivity contribution in [1.29, 1.82) is 0 Å². The SMILES string of the molecule is COc1ccc(C(O)=C2C(=O)C(=O)N(CCCN(C)C)[C@@H]2c2ccco2)cc1OC. The monoisotopic (exact) mass is 414 g/mol. The van der Waals surface area contributed by atoms with Crippen LogP contribution in [0.15, 0.2) is 46.6 Å². The minimum Gasteiger partial charge on any atom is -0.507 e. The Morgan fingerprint density at radius 3 is 2.50 bits per heavy atom. The van der Waals surface area contributed by atoms with Crippen LogP contribution in [0.4, 0.5) is 0 Å². The van der Waals surface area contributed by atoms with Gasteiger partial charge < -0.3 is 28.8 Å². The molecule has 1 aliphatic heterocycles. The lowest BCUT2D eigenvalue weighted by Crippen LogP contribution is -2.32. The second-order valence-corrected chi connectivity index (χ2v) is 7.23. The standard InChI is InChI=1S/C22H26N2O6/c1-23(2)10-6-11-24-19(16-7-5-12-30-16)18(21(26)22(24)27)20(25)14-8-9-15(28-3)17(13-14)29-4/h5,7-9,12-13,19,25H,6,10-11H2,1-4H3/t19-/m1/s1. The zero-order valence-electron chi connectivity index (χ0n) is 17.5. The number of rotatable bonds is 8. The molecule has 1 atom stereocenters. The van der Waals surface area contributed by atoms with Crippen molar-refractivity contribution in [1.82, 2.24) is 9.80 Å². The second-order valence-electron chi connectivity index (χ2n) is 7.23. The van der Waals surface area contributed by atoms with Crippen LogP contribution in [0, 0.1) is 0 Å². The van der Waals surface area contributed by atoms with E-state index in [0.29, 0.717) is 35.8 Å². The Balaban J connectivity index is 2.06. The van der Waals surface area contributed by atoms with Gasteiger partial charge in [-0.1, -0.05) is 0 Å². The number of hydrogen-bond donors (Lipinski definition) is 1. The Hall–Kier alpha value is -3.26. The van der Waals surface area contributed by atoms with Gasteiger partial charge in [-0.25, -0.2) is 0 Å². The van der Waals surface area contributed by atoms with Crippen LogP contribution in [0.3, 0.4) is 0 Å². The third kappa shape index (κ3) is 4.04. The van der Waals surface area contributed by atoms with E-state index in [1.807, 2.05) is 19.0 Å². The molecule has 30 heavy (non-hydrogen) atoms. The Morgan fingerprint density at radius 1 is 1.17 bits per heavy atom. The quantitative estimate of drug-likeness (QED) is 0.403. The normalized spacial score (nSPS) is 18.3. The summed E-state index contributed by atoms with van der Waals surface area (Å²) in [4.78, 5) is 29.1. The molecule has 2 heterocycles. The van der Waals surface area contributed by atoms with Crippen molar-refractivity contribution in [2.45, 2.75) is 12.5 Å². The van der Waals surface area contributed by atoms with E-state index in [9.17, 15) is 14.7 Å². The number of ether oxygens (including phenoxy) is 2. The average molecular weight is 414 g/mol. The highest BCUT2D eigenvalue weighted by molar-refractivity contribution is 6.46. The molecule has 1 fully saturated rings. The maximum atomic E-state index is 12.9. The Bertz CT molecular complexity index is 949. The van der Waals surface area contributed by atoms with Gasteiger partial charge in [0.2, 0.25) is 0 Å². The molecule has 0 radical (unpaired) electrons. The number of furan rings is 1. The molecular formula is C22H26N2O6. The molecule has 8 nitrogen and oxygen atoms in total. The molecule has 1 saturated heterocycles. The first-order chi connectivity index (χ1) is 14.4. The predicted molar refractivity (Wildman–Crippen MR) is 110 cm³/mol. The van der Waals surface area contributed by atoms with Crippen LogP contribution in [0.25, 0.3) is 5.76 Å². The number of hydrogen-bond acceptors (Lipinski definition) is 7. The van der Waals surface area contributed by atoms with Gasteiger partial charge >= 0.3 is 0 Å². The summed E-state index contributed by atoms with van der Waals surface area (Å²) < 4.78 is 16.0. The first-order valence-corrected chi connectivity index (χ1v) is 9.58. The van der Waals surface area contributed by atoms with Crippen molar-refractivity contribution in [3.63, 3.8) is 0 Å². The van der Waals surface area contributed by atoms with E-state index in [2.05, 4.69) is 0 Å². The number of amides is 1. The molecule has 1 aromatic heterocycles. The van der Waals surface area contributed by atoms with Crippen LogP contribution >= 0.6 is 0 Å². The maximum Gasteiger partial charge on any atom is 0.295 e. The fourth-order valence-electron chi connectivity index (χ4n) is 3.55. The molecule has 8 heteroatoms. The number of methoxy groups -OCH3 is 2. The molecule has 0 bridgehead atoms. The van der Waals surface area contributed by atoms with Gasteiger partial charge in [0.05, 0.1) is 26.1 Å². The number of nitrogens with zero attached hydrogens (tertiary/aromatic N) is 2. The zero-order valence-corrected chi connectivity index (χ0v) is 17.5. The van der Waals surface area contributed by atoms with Gasteiger partial charge in [-0.15, -0.1) is 0 Å². The number of likely N-dealkylation sites (tertiary alicyclic amines) is 1. The smallest absolute Gasteiger partial charge is 0.295 e. The predicted octanol–water partition coefficient (Wildman–Crippen LogP) is 2.67. The van der Waals surface area contributed by atoms with Crippen molar-refractivity contribution in [2.75, 3.05) is 41.4 Å². The second kappa shape index (κ2) is 9.04. The highest BCUT2D eigenvalue weighted by Gasteiger charge is 2.47. The molecule has 3 rings (SSSR count). The molecule has 1 aliphatic rings. The summed E-state index contributed by atoms with van der Waals surface area (Å²) in [5.41, 5.74) is 0.336. The summed E-state index contributed by atoms with van der Waals surface area (Å²) in [5.74, 6) is -0.380. The number of ketones is 1. The number of benzene rings is 1. The zero-order chi connectivity index (χ0) is 21.8. The Labute approximate surface area is 175 Å². The fourth-order valence-corrected chi connectivity index (χ4v) is 3.55. The first-order valence-electron chi connectivity index (χ1n) is 9.58. The van der Waals surface area contributed by atoms with Crippen LogP contribution in [0.2, 0.25) is 0 Å². The van der Waals surface area contributed by atoms with E-state index < -0.39 is 17.7 Å². The van der Waals surface area contributed by atoms with Crippen LogP contribution < -0.4 is 9.47 Å². The third-order valence-corrected chi connectivity index (χ3v) is 5.01. The van der Waals surface area contributed by atoms with Crippen LogP contribution in [-0.2, 0) is 9.59 Å². The molecule has 1 aromatic carbocycles. The lowest BCUT2D eigenvalue weighted by molar-refractivity contribution is -0.140. The molecule has 0 spiro atoms. The number of carbonyl (C=O) groups excluding carboxylic acids is 2. The van der Waals surface area contributed by atoms with Gasteiger partial charge in [0.15, 0.2) is 11.5 Å². The largest absolute Gasteiger partial charge is 0.507 e.